The molecule has 2 unspecified atom stereocenters. The van der Waals surface area contributed by atoms with E-state index in [4.69, 9.17) is 10.5 Å². The lowest BCUT2D eigenvalue weighted by Gasteiger charge is -2.43. The zero-order chi connectivity index (χ0) is 10.7. The lowest BCUT2D eigenvalue weighted by atomic mass is 9.66. The molecule has 2 nitrogen and oxygen atoms in total. The summed E-state index contributed by atoms with van der Waals surface area (Å²) in [5, 5.41) is 0. The first-order chi connectivity index (χ1) is 7.22. The molecule has 2 heteroatoms. The summed E-state index contributed by atoms with van der Waals surface area (Å²) in [7, 11) is 0. The second kappa shape index (κ2) is 4.84. The highest BCUT2D eigenvalue weighted by molar-refractivity contribution is 4.92. The largest absolute Gasteiger partial charge is 0.381 e. The molecule has 1 saturated carbocycles. The fourth-order valence-corrected chi connectivity index (χ4v) is 3.31. The third kappa shape index (κ3) is 2.54. The van der Waals surface area contributed by atoms with E-state index in [1.807, 2.05) is 0 Å². The molecule has 2 aliphatic rings. The van der Waals surface area contributed by atoms with Crippen LogP contribution in [0.2, 0.25) is 0 Å². The van der Waals surface area contributed by atoms with E-state index >= 15 is 0 Å². The van der Waals surface area contributed by atoms with Gasteiger partial charge in [0.2, 0.25) is 0 Å². The fourth-order valence-electron chi connectivity index (χ4n) is 3.31. The van der Waals surface area contributed by atoms with Crippen LogP contribution >= 0.6 is 0 Å². The van der Waals surface area contributed by atoms with Gasteiger partial charge in [-0.1, -0.05) is 26.2 Å². The standard InChI is InChI=1S/C13H25NO/c1-13(7-3-2-4-8-13)12(14)11-6-5-9-15-10-11/h11-12H,2-10,14H2,1H3. The molecule has 15 heavy (non-hydrogen) atoms. The predicted octanol–water partition coefficient (Wildman–Crippen LogP) is 2.71. The minimum absolute atomic E-state index is 0.359. The number of hydrogen-bond acceptors (Lipinski definition) is 2. The van der Waals surface area contributed by atoms with Crippen molar-refractivity contribution >= 4 is 0 Å². The SMILES string of the molecule is CC1(C(N)C2CCCOC2)CCCCC1. The van der Waals surface area contributed by atoms with Crippen LogP contribution in [0.4, 0.5) is 0 Å². The Hall–Kier alpha value is -0.0800. The van der Waals surface area contributed by atoms with Gasteiger partial charge in [-0.25, -0.2) is 0 Å². The van der Waals surface area contributed by atoms with Crippen LogP contribution in [-0.4, -0.2) is 19.3 Å². The van der Waals surface area contributed by atoms with Gasteiger partial charge in [0.1, 0.15) is 0 Å². The third-order valence-corrected chi connectivity index (χ3v) is 4.50. The maximum absolute atomic E-state index is 6.48. The van der Waals surface area contributed by atoms with E-state index in [9.17, 15) is 0 Å². The van der Waals surface area contributed by atoms with Gasteiger partial charge < -0.3 is 10.5 Å². The summed E-state index contributed by atoms with van der Waals surface area (Å²) in [5.41, 5.74) is 6.87. The van der Waals surface area contributed by atoms with E-state index in [0.29, 0.717) is 17.4 Å². The van der Waals surface area contributed by atoms with Gasteiger partial charge in [0.25, 0.3) is 0 Å². The van der Waals surface area contributed by atoms with Crippen molar-refractivity contribution in [1.29, 1.82) is 0 Å². The molecule has 1 saturated heterocycles. The molecule has 0 radical (unpaired) electrons. The highest BCUT2D eigenvalue weighted by atomic mass is 16.5. The number of rotatable bonds is 2. The Morgan fingerprint density at radius 3 is 2.53 bits per heavy atom. The molecule has 2 atom stereocenters. The average Bonchev–Trinajstić information content (AvgIpc) is 2.30. The zero-order valence-corrected chi connectivity index (χ0v) is 10.0. The van der Waals surface area contributed by atoms with Crippen molar-refractivity contribution in [2.24, 2.45) is 17.1 Å². The van der Waals surface area contributed by atoms with Crippen LogP contribution in [0.3, 0.4) is 0 Å². The van der Waals surface area contributed by atoms with Gasteiger partial charge in [-0.3, -0.25) is 0 Å². The molecule has 1 heterocycles. The topological polar surface area (TPSA) is 35.2 Å². The Balaban J connectivity index is 1.94. The number of ether oxygens (including phenoxy) is 1. The van der Waals surface area contributed by atoms with E-state index in [0.717, 1.165) is 13.2 Å². The van der Waals surface area contributed by atoms with Crippen molar-refractivity contribution in [3.05, 3.63) is 0 Å². The predicted molar refractivity (Wildman–Crippen MR) is 62.7 cm³/mol. The van der Waals surface area contributed by atoms with Crippen molar-refractivity contribution < 1.29 is 4.74 Å². The molecule has 2 fully saturated rings. The second-order valence-electron chi connectivity index (χ2n) is 5.72. The maximum Gasteiger partial charge on any atom is 0.0509 e. The van der Waals surface area contributed by atoms with Crippen molar-refractivity contribution in [2.45, 2.75) is 57.9 Å². The van der Waals surface area contributed by atoms with Crippen molar-refractivity contribution in [3.8, 4) is 0 Å². The fraction of sp³-hybridized carbons (Fsp3) is 1.00. The van der Waals surface area contributed by atoms with Crippen molar-refractivity contribution in [2.75, 3.05) is 13.2 Å². The Labute approximate surface area is 93.6 Å². The van der Waals surface area contributed by atoms with Crippen LogP contribution in [0.1, 0.15) is 51.9 Å². The van der Waals surface area contributed by atoms with E-state index in [1.54, 1.807) is 0 Å². The highest BCUT2D eigenvalue weighted by Crippen LogP contribution is 2.41. The van der Waals surface area contributed by atoms with Gasteiger partial charge in [-0.2, -0.15) is 0 Å². The smallest absolute Gasteiger partial charge is 0.0509 e. The third-order valence-electron chi connectivity index (χ3n) is 4.50. The molecule has 1 aliphatic carbocycles. The molecular weight excluding hydrogens is 186 g/mol. The minimum Gasteiger partial charge on any atom is -0.381 e. The maximum atomic E-state index is 6.48. The molecule has 0 aromatic rings. The Morgan fingerprint density at radius 1 is 1.20 bits per heavy atom. The molecule has 2 N–H and O–H groups in total. The molecular formula is C13H25NO. The van der Waals surface area contributed by atoms with Crippen molar-refractivity contribution in [3.63, 3.8) is 0 Å². The Morgan fingerprint density at radius 2 is 1.93 bits per heavy atom. The van der Waals surface area contributed by atoms with Crippen LogP contribution in [0.25, 0.3) is 0 Å². The summed E-state index contributed by atoms with van der Waals surface area (Å²) in [4.78, 5) is 0. The summed E-state index contributed by atoms with van der Waals surface area (Å²) < 4.78 is 5.56. The van der Waals surface area contributed by atoms with E-state index in [1.165, 1.54) is 44.9 Å². The van der Waals surface area contributed by atoms with E-state index < -0.39 is 0 Å². The molecule has 88 valence electrons. The highest BCUT2D eigenvalue weighted by Gasteiger charge is 2.38. The molecule has 0 aromatic carbocycles. The van der Waals surface area contributed by atoms with Crippen LogP contribution in [0.15, 0.2) is 0 Å². The Kier molecular flexibility index (Phi) is 3.68. The van der Waals surface area contributed by atoms with Crippen LogP contribution < -0.4 is 5.73 Å². The molecule has 0 aromatic heterocycles. The second-order valence-corrected chi connectivity index (χ2v) is 5.72. The van der Waals surface area contributed by atoms with Crippen LogP contribution in [-0.2, 0) is 4.74 Å². The monoisotopic (exact) mass is 211 g/mol. The first-order valence-electron chi connectivity index (χ1n) is 6.56. The van der Waals surface area contributed by atoms with Gasteiger partial charge in [0.05, 0.1) is 6.61 Å². The van der Waals surface area contributed by atoms with Gasteiger partial charge in [0, 0.05) is 12.6 Å². The van der Waals surface area contributed by atoms with Gasteiger partial charge >= 0.3 is 0 Å². The van der Waals surface area contributed by atoms with Gasteiger partial charge in [-0.15, -0.1) is 0 Å². The molecule has 2 rings (SSSR count). The lowest BCUT2D eigenvalue weighted by Crippen LogP contribution is -2.48. The van der Waals surface area contributed by atoms with Crippen LogP contribution in [0, 0.1) is 11.3 Å². The summed E-state index contributed by atoms with van der Waals surface area (Å²) in [6.07, 6.45) is 9.28. The number of nitrogens with two attached hydrogens (primary N) is 1. The summed E-state index contributed by atoms with van der Waals surface area (Å²) in [6.45, 7) is 4.24. The Bertz CT molecular complexity index is 193. The molecule has 0 amide bonds. The lowest BCUT2D eigenvalue weighted by molar-refractivity contribution is 0.0124. The average molecular weight is 211 g/mol. The van der Waals surface area contributed by atoms with E-state index in [2.05, 4.69) is 6.92 Å². The van der Waals surface area contributed by atoms with E-state index in [-0.39, 0.29) is 0 Å². The quantitative estimate of drug-likeness (QED) is 0.762. The molecule has 0 spiro atoms. The number of hydrogen-bond donors (Lipinski definition) is 1. The first kappa shape index (κ1) is 11.4. The normalized spacial score (nSPS) is 33.6. The van der Waals surface area contributed by atoms with Crippen molar-refractivity contribution in [1.82, 2.24) is 0 Å². The van der Waals surface area contributed by atoms with Gasteiger partial charge in [-0.05, 0) is 37.0 Å². The van der Waals surface area contributed by atoms with Gasteiger partial charge in [0.15, 0.2) is 0 Å². The summed E-state index contributed by atoms with van der Waals surface area (Å²) in [6, 6.07) is 0.359. The summed E-state index contributed by atoms with van der Waals surface area (Å²) >= 11 is 0. The first-order valence-corrected chi connectivity index (χ1v) is 6.56. The molecule has 0 bridgehead atoms. The minimum atomic E-state index is 0.359. The zero-order valence-electron chi connectivity index (χ0n) is 10.0. The summed E-state index contributed by atoms with van der Waals surface area (Å²) in [5.74, 6) is 0.613. The van der Waals surface area contributed by atoms with Crippen LogP contribution in [0.5, 0.6) is 0 Å². The molecule has 1 aliphatic heterocycles.